The molecule has 1 amide bonds. The number of hydrogen-bond donors (Lipinski definition) is 3. The maximum atomic E-state index is 11.1. The van der Waals surface area contributed by atoms with Crippen molar-refractivity contribution >= 4 is 11.6 Å². The first kappa shape index (κ1) is 13.8. The summed E-state index contributed by atoms with van der Waals surface area (Å²) < 4.78 is 0. The fourth-order valence-corrected chi connectivity index (χ4v) is 2.61. The van der Waals surface area contributed by atoms with Crippen LogP contribution in [0.4, 0.5) is 5.69 Å². The molecule has 0 spiro atoms. The lowest BCUT2D eigenvalue weighted by atomic mass is 10.1. The van der Waals surface area contributed by atoms with E-state index < -0.39 is 5.91 Å². The fourth-order valence-electron chi connectivity index (χ4n) is 2.61. The number of likely N-dealkylation sites (tertiary alicyclic amines) is 1. The third kappa shape index (κ3) is 3.45. The van der Waals surface area contributed by atoms with Crippen molar-refractivity contribution in [2.24, 2.45) is 11.7 Å². The summed E-state index contributed by atoms with van der Waals surface area (Å²) in [6, 6.07) is 5.23. The number of benzene rings is 1. The monoisotopic (exact) mass is 263 g/mol. The minimum atomic E-state index is -0.456. The van der Waals surface area contributed by atoms with Crippen molar-refractivity contribution in [3.63, 3.8) is 0 Å². The van der Waals surface area contributed by atoms with E-state index in [0.29, 0.717) is 17.2 Å². The number of carbonyl (C=O) groups is 1. The topological polar surface area (TPSA) is 92.6 Å². The Bertz CT molecular complexity index is 462. The summed E-state index contributed by atoms with van der Waals surface area (Å²) in [5.74, 6) is 0.124. The average Bonchev–Trinajstić information content (AvgIpc) is 2.79. The molecule has 1 fully saturated rings. The van der Waals surface area contributed by atoms with Gasteiger partial charge in [-0.1, -0.05) is 6.07 Å². The van der Waals surface area contributed by atoms with Crippen molar-refractivity contribution in [1.82, 2.24) is 4.90 Å². The molecule has 0 aromatic heterocycles. The molecule has 0 radical (unpaired) electrons. The van der Waals surface area contributed by atoms with Crippen molar-refractivity contribution in [2.75, 3.05) is 25.4 Å². The van der Waals surface area contributed by atoms with Gasteiger partial charge in [0.15, 0.2) is 0 Å². The van der Waals surface area contributed by atoms with Crippen LogP contribution in [0.1, 0.15) is 28.8 Å². The fraction of sp³-hybridized carbons (Fsp3) is 0.500. The van der Waals surface area contributed by atoms with Gasteiger partial charge < -0.3 is 16.6 Å². The van der Waals surface area contributed by atoms with E-state index in [0.717, 1.165) is 38.0 Å². The van der Waals surface area contributed by atoms with Crippen molar-refractivity contribution in [3.05, 3.63) is 29.3 Å². The number of aliphatic hydroxyl groups is 1. The van der Waals surface area contributed by atoms with Gasteiger partial charge in [-0.05, 0) is 43.0 Å². The van der Waals surface area contributed by atoms with Gasteiger partial charge in [0, 0.05) is 30.9 Å². The van der Waals surface area contributed by atoms with Gasteiger partial charge in [-0.2, -0.15) is 0 Å². The number of nitrogens with two attached hydrogens (primary N) is 2. The smallest absolute Gasteiger partial charge is 0.248 e. The van der Waals surface area contributed by atoms with E-state index in [1.54, 1.807) is 12.1 Å². The van der Waals surface area contributed by atoms with Crippen molar-refractivity contribution in [1.29, 1.82) is 0 Å². The minimum Gasteiger partial charge on any atom is -0.398 e. The van der Waals surface area contributed by atoms with Gasteiger partial charge in [0.05, 0.1) is 0 Å². The first-order valence-corrected chi connectivity index (χ1v) is 6.61. The number of nitrogen functional groups attached to an aromatic ring is 1. The van der Waals surface area contributed by atoms with Crippen LogP contribution in [0.15, 0.2) is 18.2 Å². The molecule has 1 aliphatic heterocycles. The standard InChI is InChI=1S/C14H21N3O2/c15-13-7-11(14(16)19)1-2-12(13)9-17-5-3-10(8-17)4-6-18/h1-2,7,10,18H,3-6,8-9,15H2,(H2,16,19). The minimum absolute atomic E-state index is 0.258. The molecule has 104 valence electrons. The molecule has 1 atom stereocenters. The van der Waals surface area contributed by atoms with Gasteiger partial charge in [0.25, 0.3) is 0 Å². The number of anilines is 1. The Morgan fingerprint density at radius 2 is 2.26 bits per heavy atom. The predicted octanol–water partition coefficient (Wildman–Crippen LogP) is 0.572. The summed E-state index contributed by atoms with van der Waals surface area (Å²) in [5, 5.41) is 8.95. The molecule has 2 rings (SSSR count). The zero-order valence-electron chi connectivity index (χ0n) is 11.0. The number of hydrogen-bond acceptors (Lipinski definition) is 4. The normalized spacial score (nSPS) is 19.7. The molecule has 5 N–H and O–H groups in total. The molecular formula is C14H21N3O2. The summed E-state index contributed by atoms with van der Waals surface area (Å²) in [5.41, 5.74) is 13.3. The highest BCUT2D eigenvalue weighted by Crippen LogP contribution is 2.23. The maximum absolute atomic E-state index is 11.1. The Morgan fingerprint density at radius 3 is 2.89 bits per heavy atom. The van der Waals surface area contributed by atoms with Crippen LogP contribution in [-0.2, 0) is 6.54 Å². The molecule has 0 saturated carbocycles. The first-order valence-electron chi connectivity index (χ1n) is 6.61. The van der Waals surface area contributed by atoms with Crippen LogP contribution in [0, 0.1) is 5.92 Å². The third-order valence-corrected chi connectivity index (χ3v) is 3.73. The Balaban J connectivity index is 1.98. The van der Waals surface area contributed by atoms with Gasteiger partial charge >= 0.3 is 0 Å². The average molecular weight is 263 g/mol. The van der Waals surface area contributed by atoms with Crippen molar-refractivity contribution in [2.45, 2.75) is 19.4 Å². The van der Waals surface area contributed by atoms with Crippen molar-refractivity contribution in [3.8, 4) is 0 Å². The number of primary amides is 1. The highest BCUT2D eigenvalue weighted by Gasteiger charge is 2.22. The molecule has 0 aliphatic carbocycles. The zero-order chi connectivity index (χ0) is 13.8. The molecule has 1 saturated heterocycles. The molecule has 1 unspecified atom stereocenters. The quantitative estimate of drug-likeness (QED) is 0.677. The lowest BCUT2D eigenvalue weighted by Crippen LogP contribution is -2.21. The second-order valence-electron chi connectivity index (χ2n) is 5.18. The molecule has 1 aliphatic rings. The van der Waals surface area contributed by atoms with Crippen molar-refractivity contribution < 1.29 is 9.90 Å². The van der Waals surface area contributed by atoms with Crippen LogP contribution in [-0.4, -0.2) is 35.6 Å². The summed E-state index contributed by atoms with van der Waals surface area (Å²) in [6.45, 7) is 3.07. The zero-order valence-corrected chi connectivity index (χ0v) is 11.0. The molecular weight excluding hydrogens is 242 g/mol. The van der Waals surface area contributed by atoms with E-state index in [2.05, 4.69) is 4.90 Å². The van der Waals surface area contributed by atoms with E-state index in [1.165, 1.54) is 0 Å². The molecule has 19 heavy (non-hydrogen) atoms. The Labute approximate surface area is 113 Å². The molecule has 5 nitrogen and oxygen atoms in total. The number of nitrogens with zero attached hydrogens (tertiary/aromatic N) is 1. The van der Waals surface area contributed by atoms with E-state index in [-0.39, 0.29) is 6.61 Å². The van der Waals surface area contributed by atoms with Crippen LogP contribution < -0.4 is 11.5 Å². The SMILES string of the molecule is NC(=O)c1ccc(CN2CCC(CCO)C2)c(N)c1. The summed E-state index contributed by atoms with van der Waals surface area (Å²) in [4.78, 5) is 13.4. The van der Waals surface area contributed by atoms with E-state index in [9.17, 15) is 4.79 Å². The van der Waals surface area contributed by atoms with Gasteiger partial charge in [0.1, 0.15) is 0 Å². The number of carbonyl (C=O) groups excluding carboxylic acids is 1. The largest absolute Gasteiger partial charge is 0.398 e. The Hall–Kier alpha value is -1.59. The number of aliphatic hydroxyl groups excluding tert-OH is 1. The second-order valence-corrected chi connectivity index (χ2v) is 5.18. The van der Waals surface area contributed by atoms with Crippen LogP contribution in [0.3, 0.4) is 0 Å². The van der Waals surface area contributed by atoms with E-state index >= 15 is 0 Å². The molecule has 5 heteroatoms. The molecule has 1 aromatic rings. The lowest BCUT2D eigenvalue weighted by Gasteiger charge is -2.17. The van der Waals surface area contributed by atoms with E-state index in [1.807, 2.05) is 6.07 Å². The van der Waals surface area contributed by atoms with E-state index in [4.69, 9.17) is 16.6 Å². The molecule has 1 aromatic carbocycles. The first-order chi connectivity index (χ1) is 9.10. The summed E-state index contributed by atoms with van der Waals surface area (Å²) in [6.07, 6.45) is 1.99. The van der Waals surface area contributed by atoms with Crippen LogP contribution in [0.5, 0.6) is 0 Å². The van der Waals surface area contributed by atoms with Crippen LogP contribution in [0.2, 0.25) is 0 Å². The van der Waals surface area contributed by atoms with Gasteiger partial charge in [-0.15, -0.1) is 0 Å². The highest BCUT2D eigenvalue weighted by molar-refractivity contribution is 5.93. The molecule has 1 heterocycles. The van der Waals surface area contributed by atoms with Crippen LogP contribution >= 0.6 is 0 Å². The highest BCUT2D eigenvalue weighted by atomic mass is 16.3. The third-order valence-electron chi connectivity index (χ3n) is 3.73. The Kier molecular flexibility index (Phi) is 4.39. The van der Waals surface area contributed by atoms with Gasteiger partial charge in [-0.3, -0.25) is 9.69 Å². The summed E-state index contributed by atoms with van der Waals surface area (Å²) in [7, 11) is 0. The summed E-state index contributed by atoms with van der Waals surface area (Å²) >= 11 is 0. The Morgan fingerprint density at radius 1 is 1.47 bits per heavy atom. The van der Waals surface area contributed by atoms with Crippen LogP contribution in [0.25, 0.3) is 0 Å². The van der Waals surface area contributed by atoms with Gasteiger partial charge in [-0.25, -0.2) is 0 Å². The number of amides is 1. The van der Waals surface area contributed by atoms with Gasteiger partial charge in [0.2, 0.25) is 5.91 Å². The maximum Gasteiger partial charge on any atom is 0.248 e. The lowest BCUT2D eigenvalue weighted by molar-refractivity contribution is 0.100. The number of rotatable bonds is 5. The molecule has 0 bridgehead atoms. The second kappa shape index (κ2) is 6.04. The predicted molar refractivity (Wildman–Crippen MR) is 74.5 cm³/mol.